The van der Waals surface area contributed by atoms with E-state index in [1.807, 2.05) is 0 Å². The highest BCUT2D eigenvalue weighted by Crippen LogP contribution is 2.46. The molecule has 2 heterocycles. The zero-order valence-electron chi connectivity index (χ0n) is 12.9. The van der Waals surface area contributed by atoms with E-state index in [4.69, 9.17) is 27.5 Å². The Balaban J connectivity index is 1.98. The first-order valence-electron chi connectivity index (χ1n) is 7.29. The van der Waals surface area contributed by atoms with Gasteiger partial charge in [0, 0.05) is 13.2 Å². The predicted octanol–water partition coefficient (Wildman–Crippen LogP) is 1.55. The van der Waals surface area contributed by atoms with Crippen LogP contribution in [0.25, 0.3) is 11.2 Å². The number of aliphatic hydroxyl groups is 1. The molecule has 0 radical (unpaired) electrons. The number of imidazole rings is 1. The van der Waals surface area contributed by atoms with Gasteiger partial charge >= 0.3 is 6.08 Å². The van der Waals surface area contributed by atoms with Crippen molar-refractivity contribution in [1.82, 2.24) is 19.5 Å². The van der Waals surface area contributed by atoms with E-state index in [0.29, 0.717) is 18.4 Å². The SMILES string of the molecule is C#C[C@]1(CO)C[C@@H](n2cnc3c(Cl)nc(F)nc32)C[C@@H]1OCOC. The van der Waals surface area contributed by atoms with E-state index in [0.717, 1.165) is 0 Å². The van der Waals surface area contributed by atoms with Crippen LogP contribution in [0.1, 0.15) is 18.9 Å². The summed E-state index contributed by atoms with van der Waals surface area (Å²) in [6, 6.07) is -0.176. The van der Waals surface area contributed by atoms with Crippen LogP contribution in [0.4, 0.5) is 4.39 Å². The summed E-state index contributed by atoms with van der Waals surface area (Å²) in [6.45, 7) is -0.167. The molecule has 1 aliphatic carbocycles. The Hall–Kier alpha value is -1.79. The van der Waals surface area contributed by atoms with Crippen LogP contribution in [0, 0.1) is 23.8 Å². The Bertz CT molecular complexity index is 793. The molecule has 0 aliphatic heterocycles. The number of fused-ring (bicyclic) bond motifs is 1. The Kier molecular flexibility index (Phi) is 4.69. The average Bonchev–Trinajstić information content (AvgIpc) is 3.14. The lowest BCUT2D eigenvalue weighted by atomic mass is 9.86. The van der Waals surface area contributed by atoms with E-state index >= 15 is 0 Å². The molecule has 2 aromatic heterocycles. The summed E-state index contributed by atoms with van der Waals surface area (Å²) in [5.41, 5.74) is -0.252. The van der Waals surface area contributed by atoms with Crippen LogP contribution >= 0.6 is 11.6 Å². The molecule has 24 heavy (non-hydrogen) atoms. The molecule has 1 aliphatic rings. The van der Waals surface area contributed by atoms with Gasteiger partial charge in [0.05, 0.1) is 24.5 Å². The number of terminal acetylenes is 1. The van der Waals surface area contributed by atoms with Crippen molar-refractivity contribution in [1.29, 1.82) is 0 Å². The molecule has 0 amide bonds. The quantitative estimate of drug-likeness (QED) is 0.380. The topological polar surface area (TPSA) is 82.3 Å². The minimum absolute atomic E-state index is 0.0493. The summed E-state index contributed by atoms with van der Waals surface area (Å²) in [6.07, 6.45) is 6.78. The molecule has 1 N–H and O–H groups in total. The van der Waals surface area contributed by atoms with Crippen molar-refractivity contribution in [2.45, 2.75) is 25.0 Å². The number of methoxy groups -OCH3 is 1. The van der Waals surface area contributed by atoms with Crippen molar-refractivity contribution >= 4 is 22.8 Å². The Morgan fingerprint density at radius 2 is 2.38 bits per heavy atom. The van der Waals surface area contributed by atoms with Crippen molar-refractivity contribution in [3.63, 3.8) is 0 Å². The lowest BCUT2D eigenvalue weighted by molar-refractivity contribution is -0.103. The third-order valence-electron chi connectivity index (χ3n) is 4.40. The normalized spacial score (nSPS) is 26.8. The maximum absolute atomic E-state index is 13.5. The van der Waals surface area contributed by atoms with Crippen LogP contribution < -0.4 is 0 Å². The van der Waals surface area contributed by atoms with Gasteiger partial charge < -0.3 is 19.1 Å². The molecule has 0 saturated heterocycles. The van der Waals surface area contributed by atoms with Gasteiger partial charge in [-0.15, -0.1) is 6.42 Å². The molecule has 0 spiro atoms. The highest BCUT2D eigenvalue weighted by molar-refractivity contribution is 6.33. The molecule has 0 bridgehead atoms. The zero-order valence-corrected chi connectivity index (χ0v) is 13.7. The van der Waals surface area contributed by atoms with Crippen molar-refractivity contribution in [3.05, 3.63) is 17.6 Å². The van der Waals surface area contributed by atoms with Crippen molar-refractivity contribution in [3.8, 4) is 12.3 Å². The van der Waals surface area contributed by atoms with Crippen molar-refractivity contribution in [2.24, 2.45) is 5.41 Å². The maximum atomic E-state index is 13.5. The molecule has 1 saturated carbocycles. The maximum Gasteiger partial charge on any atom is 0.312 e. The van der Waals surface area contributed by atoms with Crippen LogP contribution in [0.15, 0.2) is 6.33 Å². The van der Waals surface area contributed by atoms with Crippen molar-refractivity contribution < 1.29 is 19.0 Å². The second-order valence-electron chi connectivity index (χ2n) is 5.72. The summed E-state index contributed by atoms with van der Waals surface area (Å²) in [5.74, 6) is 2.65. The number of halogens is 2. The molecule has 7 nitrogen and oxygen atoms in total. The molecule has 3 atom stereocenters. The largest absolute Gasteiger partial charge is 0.395 e. The highest BCUT2D eigenvalue weighted by Gasteiger charge is 2.48. The molecule has 0 unspecified atom stereocenters. The van der Waals surface area contributed by atoms with E-state index < -0.39 is 17.6 Å². The number of ether oxygens (including phenoxy) is 2. The summed E-state index contributed by atoms with van der Waals surface area (Å²) in [5, 5.41) is 9.76. The minimum atomic E-state index is -0.926. The van der Waals surface area contributed by atoms with E-state index in [9.17, 15) is 9.50 Å². The molecule has 0 aromatic carbocycles. The number of aliphatic hydroxyl groups excluding tert-OH is 1. The fraction of sp³-hybridized carbons (Fsp3) is 0.533. The Morgan fingerprint density at radius 1 is 1.58 bits per heavy atom. The monoisotopic (exact) mass is 354 g/mol. The van der Waals surface area contributed by atoms with Gasteiger partial charge in [0.15, 0.2) is 10.8 Å². The molecule has 2 aromatic rings. The van der Waals surface area contributed by atoms with E-state index in [1.165, 1.54) is 13.4 Å². The standard InChI is InChI=1S/C15H16ClFN4O3/c1-3-15(6-22)5-9(4-10(15)24-8-23-2)21-7-18-11-12(16)19-14(17)20-13(11)21/h1,7,9-10,22H,4-6,8H2,2H3/t9-,10-,15+/m0/s1. The Morgan fingerprint density at radius 3 is 3.04 bits per heavy atom. The minimum Gasteiger partial charge on any atom is -0.395 e. The number of nitrogens with zero attached hydrogens (tertiary/aromatic N) is 4. The van der Waals surface area contributed by atoms with Gasteiger partial charge in [-0.2, -0.15) is 14.4 Å². The zero-order chi connectivity index (χ0) is 17.3. The second-order valence-corrected chi connectivity index (χ2v) is 6.08. The summed E-state index contributed by atoms with van der Waals surface area (Å²) < 4.78 is 25.8. The first kappa shape index (κ1) is 17.0. The predicted molar refractivity (Wildman–Crippen MR) is 83.7 cm³/mol. The number of hydrogen-bond acceptors (Lipinski definition) is 6. The van der Waals surface area contributed by atoms with Gasteiger partial charge in [-0.3, -0.25) is 0 Å². The Labute approximate surface area is 142 Å². The average molecular weight is 355 g/mol. The molecule has 9 heteroatoms. The second kappa shape index (κ2) is 6.61. The first-order valence-corrected chi connectivity index (χ1v) is 7.67. The molecule has 1 fully saturated rings. The summed E-state index contributed by atoms with van der Waals surface area (Å²) in [4.78, 5) is 11.4. The highest BCUT2D eigenvalue weighted by atomic mass is 35.5. The van der Waals surface area contributed by atoms with Gasteiger partial charge in [-0.05, 0) is 12.8 Å². The number of hydrogen-bond donors (Lipinski definition) is 1. The van der Waals surface area contributed by atoms with Gasteiger partial charge in [0.2, 0.25) is 0 Å². The van der Waals surface area contributed by atoms with Crippen LogP contribution in [0.5, 0.6) is 0 Å². The van der Waals surface area contributed by atoms with E-state index in [-0.39, 0.29) is 30.2 Å². The lowest BCUT2D eigenvalue weighted by Gasteiger charge is -2.27. The number of rotatable bonds is 5. The van der Waals surface area contributed by atoms with Crippen LogP contribution in [0.2, 0.25) is 5.15 Å². The fourth-order valence-electron chi connectivity index (χ4n) is 3.19. The van der Waals surface area contributed by atoms with Gasteiger partial charge in [-0.1, -0.05) is 17.5 Å². The van der Waals surface area contributed by atoms with Gasteiger partial charge in [0.1, 0.15) is 12.3 Å². The summed E-state index contributed by atoms with van der Waals surface area (Å²) >= 11 is 5.91. The molecular weight excluding hydrogens is 339 g/mol. The van der Waals surface area contributed by atoms with Crippen molar-refractivity contribution in [2.75, 3.05) is 20.5 Å². The van der Waals surface area contributed by atoms with Crippen LogP contribution in [0.3, 0.4) is 0 Å². The van der Waals surface area contributed by atoms with E-state index in [2.05, 4.69) is 20.9 Å². The first-order chi connectivity index (χ1) is 11.5. The lowest BCUT2D eigenvalue weighted by Crippen LogP contribution is -2.34. The van der Waals surface area contributed by atoms with Crippen LogP contribution in [-0.4, -0.2) is 51.2 Å². The molecular formula is C15H16ClFN4O3. The van der Waals surface area contributed by atoms with Crippen LogP contribution in [-0.2, 0) is 9.47 Å². The third kappa shape index (κ3) is 2.74. The van der Waals surface area contributed by atoms with Gasteiger partial charge in [0.25, 0.3) is 0 Å². The smallest absolute Gasteiger partial charge is 0.312 e. The third-order valence-corrected chi connectivity index (χ3v) is 4.67. The fourth-order valence-corrected chi connectivity index (χ4v) is 3.39. The van der Waals surface area contributed by atoms with E-state index in [1.54, 1.807) is 4.57 Å². The number of aromatic nitrogens is 4. The molecule has 128 valence electrons. The summed E-state index contributed by atoms with van der Waals surface area (Å²) in [7, 11) is 1.51. The van der Waals surface area contributed by atoms with Gasteiger partial charge in [-0.25, -0.2) is 4.98 Å². The molecule has 3 rings (SSSR count).